The molecule has 1 aliphatic heterocycles. The molecular weight excluding hydrogens is 433 g/mol. The van der Waals surface area contributed by atoms with Gasteiger partial charge in [-0.3, -0.25) is 4.90 Å². The van der Waals surface area contributed by atoms with Gasteiger partial charge in [-0.25, -0.2) is 9.07 Å². The van der Waals surface area contributed by atoms with Gasteiger partial charge in [0.25, 0.3) is 0 Å². The van der Waals surface area contributed by atoms with E-state index in [0.717, 1.165) is 36.3 Å². The molecule has 0 bridgehead atoms. The van der Waals surface area contributed by atoms with Crippen molar-refractivity contribution in [1.29, 1.82) is 0 Å². The molecule has 7 heteroatoms. The van der Waals surface area contributed by atoms with Crippen molar-refractivity contribution in [3.05, 3.63) is 66.0 Å². The van der Waals surface area contributed by atoms with Crippen LogP contribution in [-0.2, 0) is 18.3 Å². The number of aryl methyl sites for hydroxylation is 1. The van der Waals surface area contributed by atoms with E-state index in [2.05, 4.69) is 4.90 Å². The van der Waals surface area contributed by atoms with Crippen molar-refractivity contribution >= 4 is 0 Å². The highest BCUT2D eigenvalue weighted by Crippen LogP contribution is 2.35. The zero-order chi connectivity index (χ0) is 24.1. The number of benzene rings is 2. The summed E-state index contributed by atoms with van der Waals surface area (Å²) in [5.41, 5.74) is 2.59. The van der Waals surface area contributed by atoms with Gasteiger partial charge >= 0.3 is 0 Å². The molecular formula is C27H34FN3O3. The summed E-state index contributed by atoms with van der Waals surface area (Å²) in [6.45, 7) is 6.49. The Labute approximate surface area is 200 Å². The fourth-order valence-electron chi connectivity index (χ4n) is 4.26. The molecule has 1 N–H and O–H groups in total. The second-order valence-electron chi connectivity index (χ2n) is 9.29. The first-order chi connectivity index (χ1) is 16.4. The summed E-state index contributed by atoms with van der Waals surface area (Å²) in [6.07, 6.45) is 1.71. The van der Waals surface area contributed by atoms with Crippen molar-refractivity contribution in [2.45, 2.75) is 45.4 Å². The molecule has 1 fully saturated rings. The third-order valence-electron chi connectivity index (χ3n) is 6.26. The first-order valence-electron chi connectivity index (χ1n) is 12.0. The van der Waals surface area contributed by atoms with Crippen LogP contribution < -0.4 is 4.74 Å². The van der Waals surface area contributed by atoms with Crippen molar-refractivity contribution in [1.82, 2.24) is 14.7 Å². The maximum Gasteiger partial charge on any atom is 0.222 e. The Hall–Kier alpha value is -2.74. The van der Waals surface area contributed by atoms with Crippen LogP contribution in [0.2, 0.25) is 0 Å². The molecule has 3 aromatic rings. The van der Waals surface area contributed by atoms with Gasteiger partial charge in [0.1, 0.15) is 5.69 Å². The van der Waals surface area contributed by atoms with Gasteiger partial charge < -0.3 is 14.6 Å². The lowest BCUT2D eigenvalue weighted by molar-refractivity contribution is 0.0328. The van der Waals surface area contributed by atoms with E-state index in [1.165, 1.54) is 6.07 Å². The number of rotatable bonds is 10. The molecule has 4 rings (SSSR count). The van der Waals surface area contributed by atoms with Crippen LogP contribution in [0.15, 0.2) is 54.6 Å². The van der Waals surface area contributed by atoms with Gasteiger partial charge in [0.2, 0.25) is 5.88 Å². The van der Waals surface area contributed by atoms with Crippen molar-refractivity contribution < 1.29 is 19.0 Å². The lowest BCUT2D eigenvalue weighted by Crippen LogP contribution is -2.39. The fourth-order valence-corrected chi connectivity index (χ4v) is 4.26. The Morgan fingerprint density at radius 2 is 1.91 bits per heavy atom. The predicted octanol–water partition coefficient (Wildman–Crippen LogP) is 5.02. The van der Waals surface area contributed by atoms with Crippen LogP contribution in [0.5, 0.6) is 11.6 Å². The van der Waals surface area contributed by atoms with Crippen LogP contribution in [0, 0.1) is 11.7 Å². The summed E-state index contributed by atoms with van der Waals surface area (Å²) in [5, 5.41) is 15.5. The quantitative estimate of drug-likeness (QED) is 0.454. The predicted molar refractivity (Wildman–Crippen MR) is 130 cm³/mol. The van der Waals surface area contributed by atoms with Gasteiger partial charge in [0.15, 0.2) is 11.6 Å². The molecule has 0 spiro atoms. The van der Waals surface area contributed by atoms with Crippen molar-refractivity contribution in [2.24, 2.45) is 13.0 Å². The van der Waals surface area contributed by atoms with E-state index in [-0.39, 0.29) is 17.8 Å². The van der Waals surface area contributed by atoms with Crippen LogP contribution in [0.1, 0.15) is 32.3 Å². The Kier molecular flexibility index (Phi) is 7.98. The monoisotopic (exact) mass is 467 g/mol. The third kappa shape index (κ3) is 5.84. The van der Waals surface area contributed by atoms with Gasteiger partial charge in [-0.2, -0.15) is 5.10 Å². The average Bonchev–Trinajstić information content (AvgIpc) is 3.44. The summed E-state index contributed by atoms with van der Waals surface area (Å²) in [6, 6.07) is 16.3. The molecule has 34 heavy (non-hydrogen) atoms. The highest BCUT2D eigenvalue weighted by atomic mass is 19.1. The number of aliphatic hydroxyl groups excluding tert-OH is 1. The van der Waals surface area contributed by atoms with E-state index in [1.807, 2.05) is 44.2 Å². The third-order valence-corrected chi connectivity index (χ3v) is 6.26. The van der Waals surface area contributed by atoms with E-state index >= 15 is 0 Å². The summed E-state index contributed by atoms with van der Waals surface area (Å²) in [4.78, 5) is 2.21. The Bertz CT molecular complexity index is 1060. The summed E-state index contributed by atoms with van der Waals surface area (Å²) >= 11 is 0. The number of aromatic nitrogens is 2. The zero-order valence-electron chi connectivity index (χ0n) is 20.2. The fraction of sp³-hybridized carbons (Fsp3) is 0.444. The second-order valence-corrected chi connectivity index (χ2v) is 9.29. The molecule has 1 aromatic heterocycles. The zero-order valence-corrected chi connectivity index (χ0v) is 20.2. The Morgan fingerprint density at radius 1 is 1.18 bits per heavy atom. The number of hydrogen-bond donors (Lipinski definition) is 1. The average molecular weight is 468 g/mol. The molecule has 2 atom stereocenters. The smallest absolute Gasteiger partial charge is 0.222 e. The minimum absolute atomic E-state index is 0.128. The SMILES string of the molecule is CC(C)C(O)CN(Cc1c(-c2ccccc2)nn(C)c1Oc1ccccc1F)CC1CCCO1. The number of hydrogen-bond acceptors (Lipinski definition) is 5. The van der Waals surface area contributed by atoms with Crippen LogP contribution >= 0.6 is 0 Å². The molecule has 2 heterocycles. The van der Waals surface area contributed by atoms with Gasteiger partial charge in [-0.1, -0.05) is 56.3 Å². The lowest BCUT2D eigenvalue weighted by Gasteiger charge is -2.29. The highest BCUT2D eigenvalue weighted by Gasteiger charge is 2.27. The molecule has 0 saturated carbocycles. The maximum absolute atomic E-state index is 14.4. The minimum atomic E-state index is -0.478. The summed E-state index contributed by atoms with van der Waals surface area (Å²) < 4.78 is 28.1. The van der Waals surface area contributed by atoms with Gasteiger partial charge in [-0.05, 0) is 30.9 Å². The molecule has 1 saturated heterocycles. The van der Waals surface area contributed by atoms with E-state index in [9.17, 15) is 9.50 Å². The largest absolute Gasteiger partial charge is 0.436 e. The van der Waals surface area contributed by atoms with Crippen molar-refractivity contribution in [2.75, 3.05) is 19.7 Å². The Morgan fingerprint density at radius 3 is 2.59 bits per heavy atom. The summed E-state index contributed by atoms with van der Waals surface area (Å²) in [5.74, 6) is 0.338. The lowest BCUT2D eigenvalue weighted by atomic mass is 10.0. The molecule has 0 radical (unpaired) electrons. The maximum atomic E-state index is 14.4. The standard InChI is InChI=1S/C27H34FN3O3/c1-19(2)24(32)18-31(16-21-12-9-15-33-21)17-22-26(20-10-5-4-6-11-20)29-30(3)27(22)34-25-14-8-7-13-23(25)28/h4-8,10-11,13-14,19,21,24,32H,9,12,15-18H2,1-3H3. The van der Waals surface area contributed by atoms with Gasteiger partial charge in [0, 0.05) is 38.9 Å². The molecule has 0 aliphatic carbocycles. The van der Waals surface area contributed by atoms with E-state index in [0.29, 0.717) is 25.5 Å². The van der Waals surface area contributed by atoms with Crippen LogP contribution in [-0.4, -0.2) is 51.7 Å². The van der Waals surface area contributed by atoms with E-state index in [4.69, 9.17) is 14.6 Å². The molecule has 6 nitrogen and oxygen atoms in total. The van der Waals surface area contributed by atoms with Crippen LogP contribution in [0.4, 0.5) is 4.39 Å². The minimum Gasteiger partial charge on any atom is -0.436 e. The molecule has 1 aliphatic rings. The van der Waals surface area contributed by atoms with Crippen molar-refractivity contribution in [3.63, 3.8) is 0 Å². The second kappa shape index (κ2) is 11.1. The number of nitrogens with zero attached hydrogens (tertiary/aromatic N) is 3. The van der Waals surface area contributed by atoms with Crippen LogP contribution in [0.3, 0.4) is 0 Å². The number of para-hydroxylation sites is 1. The van der Waals surface area contributed by atoms with Crippen LogP contribution in [0.25, 0.3) is 11.3 Å². The first kappa shape index (κ1) is 24.4. The molecule has 0 amide bonds. The molecule has 2 unspecified atom stereocenters. The van der Waals surface area contributed by atoms with Crippen molar-refractivity contribution in [3.8, 4) is 22.9 Å². The normalized spacial score (nSPS) is 17.0. The number of halogens is 1. The highest BCUT2D eigenvalue weighted by molar-refractivity contribution is 5.65. The number of aliphatic hydroxyl groups is 1. The van der Waals surface area contributed by atoms with Gasteiger partial charge in [0.05, 0.1) is 17.8 Å². The molecule has 182 valence electrons. The van der Waals surface area contributed by atoms with E-state index < -0.39 is 11.9 Å². The van der Waals surface area contributed by atoms with E-state index in [1.54, 1.807) is 29.9 Å². The summed E-state index contributed by atoms with van der Waals surface area (Å²) in [7, 11) is 1.81. The molecule has 2 aromatic carbocycles. The Balaban J connectivity index is 1.72. The van der Waals surface area contributed by atoms with Gasteiger partial charge in [-0.15, -0.1) is 0 Å². The first-order valence-corrected chi connectivity index (χ1v) is 12.0. The number of ether oxygens (including phenoxy) is 2. The topological polar surface area (TPSA) is 59.8 Å².